The number of carbonyl (C=O) groups excluding carboxylic acids is 4. The van der Waals surface area contributed by atoms with Crippen molar-refractivity contribution in [2.45, 2.75) is 32.6 Å². The SMILES string of the molecule is COc1ccc(OC)c(NC(=O)COC(=O)[C@@H]2CC(=O)N(NC(=O)c3ccc(C(C)(C)C)cc3)C2)c1. The van der Waals surface area contributed by atoms with Gasteiger partial charge < -0.3 is 19.5 Å². The van der Waals surface area contributed by atoms with Crippen molar-refractivity contribution in [3.63, 3.8) is 0 Å². The molecule has 2 aromatic rings. The minimum absolute atomic E-state index is 0.0468. The zero-order valence-corrected chi connectivity index (χ0v) is 21.0. The molecule has 1 atom stereocenters. The summed E-state index contributed by atoms with van der Waals surface area (Å²) < 4.78 is 15.4. The van der Waals surface area contributed by atoms with Gasteiger partial charge in [-0.3, -0.25) is 29.6 Å². The monoisotopic (exact) mass is 497 g/mol. The van der Waals surface area contributed by atoms with Crippen LogP contribution in [0.5, 0.6) is 11.5 Å². The fraction of sp³-hybridized carbons (Fsp3) is 0.385. The molecule has 0 unspecified atom stereocenters. The summed E-state index contributed by atoms with van der Waals surface area (Å²) in [6.07, 6.45) is -0.132. The molecule has 10 nitrogen and oxygen atoms in total. The summed E-state index contributed by atoms with van der Waals surface area (Å²) in [5.74, 6) is -2.03. The maximum absolute atomic E-state index is 12.6. The molecule has 1 aliphatic rings. The van der Waals surface area contributed by atoms with Gasteiger partial charge in [0.2, 0.25) is 5.91 Å². The Kier molecular flexibility index (Phi) is 8.18. The van der Waals surface area contributed by atoms with Gasteiger partial charge in [0.1, 0.15) is 11.5 Å². The Morgan fingerprint density at radius 1 is 1.03 bits per heavy atom. The number of anilines is 1. The van der Waals surface area contributed by atoms with Gasteiger partial charge >= 0.3 is 5.97 Å². The van der Waals surface area contributed by atoms with Crippen LogP contribution in [0.3, 0.4) is 0 Å². The molecule has 192 valence electrons. The molecule has 36 heavy (non-hydrogen) atoms. The first-order valence-electron chi connectivity index (χ1n) is 11.4. The van der Waals surface area contributed by atoms with Crippen molar-refractivity contribution in [2.75, 3.05) is 32.7 Å². The topological polar surface area (TPSA) is 123 Å². The van der Waals surface area contributed by atoms with E-state index in [1.165, 1.54) is 14.2 Å². The fourth-order valence-corrected chi connectivity index (χ4v) is 3.63. The first-order valence-corrected chi connectivity index (χ1v) is 11.4. The van der Waals surface area contributed by atoms with E-state index in [1.807, 2.05) is 12.1 Å². The second-order valence-electron chi connectivity index (χ2n) is 9.40. The number of carbonyl (C=O) groups is 4. The van der Waals surface area contributed by atoms with E-state index in [4.69, 9.17) is 14.2 Å². The van der Waals surface area contributed by atoms with E-state index in [-0.39, 0.29) is 18.4 Å². The molecule has 0 bridgehead atoms. The summed E-state index contributed by atoms with van der Waals surface area (Å²) in [5.41, 5.74) is 4.32. The molecular weight excluding hydrogens is 466 g/mol. The van der Waals surface area contributed by atoms with Crippen LogP contribution in [0.2, 0.25) is 0 Å². The molecule has 2 N–H and O–H groups in total. The summed E-state index contributed by atoms with van der Waals surface area (Å²) in [7, 11) is 2.95. The lowest BCUT2D eigenvalue weighted by Gasteiger charge is -2.20. The highest BCUT2D eigenvalue weighted by atomic mass is 16.5. The quantitative estimate of drug-likeness (QED) is 0.538. The van der Waals surface area contributed by atoms with Gasteiger partial charge in [-0.25, -0.2) is 0 Å². The summed E-state index contributed by atoms with van der Waals surface area (Å²) >= 11 is 0. The van der Waals surface area contributed by atoms with Crippen LogP contribution in [0.15, 0.2) is 42.5 Å². The second-order valence-corrected chi connectivity index (χ2v) is 9.40. The number of nitrogens with one attached hydrogen (secondary N) is 2. The van der Waals surface area contributed by atoms with Crippen molar-refractivity contribution in [3.8, 4) is 11.5 Å². The summed E-state index contributed by atoms with van der Waals surface area (Å²) in [5, 5.41) is 3.71. The number of hydrogen-bond donors (Lipinski definition) is 2. The van der Waals surface area contributed by atoms with Crippen LogP contribution < -0.4 is 20.2 Å². The number of esters is 1. The number of rotatable bonds is 8. The Morgan fingerprint density at radius 2 is 1.72 bits per heavy atom. The molecule has 10 heteroatoms. The third-order valence-electron chi connectivity index (χ3n) is 5.73. The van der Waals surface area contributed by atoms with Crippen LogP contribution in [0, 0.1) is 5.92 Å². The molecule has 1 aliphatic heterocycles. The number of hydrogen-bond acceptors (Lipinski definition) is 7. The van der Waals surface area contributed by atoms with Crippen molar-refractivity contribution >= 4 is 29.4 Å². The number of amides is 3. The van der Waals surface area contributed by atoms with E-state index >= 15 is 0 Å². The smallest absolute Gasteiger partial charge is 0.311 e. The van der Waals surface area contributed by atoms with E-state index in [9.17, 15) is 19.2 Å². The largest absolute Gasteiger partial charge is 0.497 e. The molecule has 1 fully saturated rings. The number of ether oxygens (including phenoxy) is 3. The number of benzene rings is 2. The van der Waals surface area contributed by atoms with Crippen LogP contribution in [0.1, 0.15) is 43.1 Å². The Morgan fingerprint density at radius 3 is 2.33 bits per heavy atom. The highest BCUT2D eigenvalue weighted by Gasteiger charge is 2.36. The lowest BCUT2D eigenvalue weighted by atomic mass is 9.87. The minimum atomic E-state index is -0.805. The van der Waals surface area contributed by atoms with E-state index in [2.05, 4.69) is 31.5 Å². The van der Waals surface area contributed by atoms with Gasteiger partial charge in [0.05, 0.1) is 32.4 Å². The summed E-state index contributed by atoms with van der Waals surface area (Å²) in [6.45, 7) is 5.63. The van der Waals surface area contributed by atoms with Gasteiger partial charge in [0.25, 0.3) is 11.8 Å². The summed E-state index contributed by atoms with van der Waals surface area (Å²) in [6, 6.07) is 12.0. The van der Waals surface area contributed by atoms with Gasteiger partial charge in [-0.05, 0) is 35.2 Å². The van der Waals surface area contributed by atoms with Crippen LogP contribution >= 0.6 is 0 Å². The van der Waals surface area contributed by atoms with Crippen LogP contribution in [-0.2, 0) is 24.5 Å². The maximum Gasteiger partial charge on any atom is 0.311 e. The number of nitrogens with zero attached hydrogens (tertiary/aromatic N) is 1. The first kappa shape index (κ1) is 26.5. The Hall–Kier alpha value is -4.08. The molecule has 1 saturated heterocycles. The Bertz CT molecular complexity index is 1140. The third kappa shape index (κ3) is 6.53. The first-order chi connectivity index (χ1) is 17.0. The van der Waals surface area contributed by atoms with Crippen molar-refractivity contribution in [1.82, 2.24) is 10.4 Å². The van der Waals surface area contributed by atoms with Gasteiger partial charge in [-0.15, -0.1) is 0 Å². The van der Waals surface area contributed by atoms with E-state index < -0.39 is 36.2 Å². The van der Waals surface area contributed by atoms with Crippen LogP contribution in [0.4, 0.5) is 5.69 Å². The van der Waals surface area contributed by atoms with Crippen molar-refractivity contribution < 1.29 is 33.4 Å². The molecule has 0 saturated carbocycles. The predicted octanol–water partition coefficient (Wildman–Crippen LogP) is 2.68. The van der Waals surface area contributed by atoms with E-state index in [0.29, 0.717) is 22.7 Å². The minimum Gasteiger partial charge on any atom is -0.497 e. The molecule has 2 aromatic carbocycles. The summed E-state index contributed by atoms with van der Waals surface area (Å²) in [4.78, 5) is 49.7. The third-order valence-corrected chi connectivity index (χ3v) is 5.73. The van der Waals surface area contributed by atoms with E-state index in [1.54, 1.807) is 30.3 Å². The highest BCUT2D eigenvalue weighted by molar-refractivity contribution is 5.97. The molecule has 0 aromatic heterocycles. The number of methoxy groups -OCH3 is 2. The average molecular weight is 498 g/mol. The van der Waals surface area contributed by atoms with Gasteiger partial charge in [-0.1, -0.05) is 32.9 Å². The lowest BCUT2D eigenvalue weighted by Crippen LogP contribution is -2.43. The van der Waals surface area contributed by atoms with Crippen molar-refractivity contribution in [3.05, 3.63) is 53.6 Å². The molecule has 0 spiro atoms. The molecule has 1 heterocycles. The average Bonchev–Trinajstić information content (AvgIpc) is 3.22. The van der Waals surface area contributed by atoms with E-state index in [0.717, 1.165) is 10.6 Å². The molecule has 0 radical (unpaired) electrons. The molecule has 3 rings (SSSR count). The molecular formula is C26H31N3O7. The molecule has 0 aliphatic carbocycles. The van der Waals surface area contributed by atoms with Crippen LogP contribution in [0.25, 0.3) is 0 Å². The lowest BCUT2D eigenvalue weighted by molar-refractivity contribution is -0.151. The number of hydrazine groups is 1. The predicted molar refractivity (Wildman–Crippen MR) is 132 cm³/mol. The van der Waals surface area contributed by atoms with Gasteiger partial charge in [0, 0.05) is 18.1 Å². The standard InChI is InChI=1S/C26H31N3O7/c1-26(2,3)18-8-6-16(7-9-18)24(32)28-29-14-17(12-23(29)31)25(33)36-15-22(30)27-20-13-19(34-4)10-11-21(20)35-5/h6-11,13,17H,12,14-15H2,1-5H3,(H,27,30)(H,28,32)/t17-/m1/s1. The van der Waals surface area contributed by atoms with Gasteiger partial charge in [-0.2, -0.15) is 0 Å². The zero-order valence-electron chi connectivity index (χ0n) is 21.0. The van der Waals surface area contributed by atoms with Crippen LogP contribution in [-0.4, -0.2) is 56.1 Å². The Labute approximate surface area is 209 Å². The second kappa shape index (κ2) is 11.1. The fourth-order valence-electron chi connectivity index (χ4n) is 3.63. The molecule has 3 amide bonds. The zero-order chi connectivity index (χ0) is 26.5. The Balaban J connectivity index is 1.51. The van der Waals surface area contributed by atoms with Crippen molar-refractivity contribution in [2.24, 2.45) is 5.92 Å². The van der Waals surface area contributed by atoms with Crippen molar-refractivity contribution in [1.29, 1.82) is 0 Å². The highest BCUT2D eigenvalue weighted by Crippen LogP contribution is 2.29. The normalized spacial score (nSPS) is 15.3. The van der Waals surface area contributed by atoms with Gasteiger partial charge in [0.15, 0.2) is 6.61 Å². The maximum atomic E-state index is 12.6.